The van der Waals surface area contributed by atoms with E-state index in [-0.39, 0.29) is 0 Å². The first-order chi connectivity index (χ1) is 10.3. The van der Waals surface area contributed by atoms with Gasteiger partial charge in [0.1, 0.15) is 0 Å². The fourth-order valence-electron chi connectivity index (χ4n) is 3.02. The summed E-state index contributed by atoms with van der Waals surface area (Å²) in [4.78, 5) is 2.57. The Morgan fingerprint density at radius 2 is 1.57 bits per heavy atom. The smallest absolute Gasteiger partial charge is 0.0602 e. The average Bonchev–Trinajstić information content (AvgIpc) is 2.80. The van der Waals surface area contributed by atoms with E-state index in [1.54, 1.807) is 0 Å². The van der Waals surface area contributed by atoms with Crippen molar-refractivity contribution >= 4 is 11.6 Å². The van der Waals surface area contributed by atoms with Crippen LogP contribution in [0.25, 0.3) is 0 Å². The number of benzene rings is 2. The molecule has 1 fully saturated rings. The van der Waals surface area contributed by atoms with E-state index in [4.69, 9.17) is 11.6 Å². The molecule has 0 radical (unpaired) electrons. The van der Waals surface area contributed by atoms with Gasteiger partial charge < -0.3 is 5.32 Å². The van der Waals surface area contributed by atoms with Crippen molar-refractivity contribution < 1.29 is 0 Å². The van der Waals surface area contributed by atoms with Crippen molar-refractivity contribution in [2.45, 2.75) is 12.5 Å². The van der Waals surface area contributed by atoms with E-state index >= 15 is 0 Å². The van der Waals surface area contributed by atoms with Crippen LogP contribution in [0, 0.1) is 0 Å². The van der Waals surface area contributed by atoms with Crippen molar-refractivity contribution in [1.82, 2.24) is 10.2 Å². The summed E-state index contributed by atoms with van der Waals surface area (Å²) in [5.74, 6) is 0. The summed E-state index contributed by atoms with van der Waals surface area (Å²) in [6.07, 6.45) is 1.19. The maximum Gasteiger partial charge on any atom is 0.0602 e. The lowest BCUT2D eigenvalue weighted by molar-refractivity contribution is 0.241. The predicted molar refractivity (Wildman–Crippen MR) is 88.8 cm³/mol. The van der Waals surface area contributed by atoms with Crippen LogP contribution in [0.15, 0.2) is 54.6 Å². The van der Waals surface area contributed by atoms with Crippen LogP contribution in [0.2, 0.25) is 5.02 Å². The molecule has 2 aromatic rings. The van der Waals surface area contributed by atoms with E-state index in [0.29, 0.717) is 6.04 Å². The monoisotopic (exact) mass is 300 g/mol. The maximum atomic E-state index is 6.05. The van der Waals surface area contributed by atoms with Crippen molar-refractivity contribution in [3.8, 4) is 0 Å². The Bertz CT molecular complexity index is 545. The highest BCUT2D eigenvalue weighted by atomic mass is 35.5. The van der Waals surface area contributed by atoms with E-state index in [9.17, 15) is 0 Å². The molecule has 0 spiro atoms. The molecule has 110 valence electrons. The summed E-state index contributed by atoms with van der Waals surface area (Å²) in [7, 11) is 0. The number of hydrogen-bond donors (Lipinski definition) is 1. The Kier molecular flexibility index (Phi) is 4.91. The maximum absolute atomic E-state index is 6.05. The topological polar surface area (TPSA) is 15.3 Å². The van der Waals surface area contributed by atoms with Crippen LogP contribution in [0.1, 0.15) is 23.6 Å². The molecule has 1 aliphatic rings. The van der Waals surface area contributed by atoms with Gasteiger partial charge in [0.2, 0.25) is 0 Å². The van der Waals surface area contributed by atoms with E-state index in [0.717, 1.165) is 31.2 Å². The molecule has 1 atom stereocenters. The van der Waals surface area contributed by atoms with Crippen LogP contribution < -0.4 is 5.32 Å². The van der Waals surface area contributed by atoms with Gasteiger partial charge in [-0.25, -0.2) is 0 Å². The molecular weight excluding hydrogens is 280 g/mol. The fourth-order valence-corrected chi connectivity index (χ4v) is 3.15. The highest BCUT2D eigenvalue weighted by Crippen LogP contribution is 2.29. The van der Waals surface area contributed by atoms with Gasteiger partial charge in [-0.05, 0) is 36.2 Å². The highest BCUT2D eigenvalue weighted by molar-refractivity contribution is 6.30. The zero-order chi connectivity index (χ0) is 14.5. The number of nitrogens with one attached hydrogen (secondary N) is 1. The Morgan fingerprint density at radius 3 is 2.33 bits per heavy atom. The predicted octanol–water partition coefficient (Wildman–Crippen LogP) is 3.72. The summed E-state index contributed by atoms with van der Waals surface area (Å²) < 4.78 is 0. The first-order valence-corrected chi connectivity index (χ1v) is 7.97. The van der Waals surface area contributed by atoms with Gasteiger partial charge in [0.25, 0.3) is 0 Å². The van der Waals surface area contributed by atoms with Gasteiger partial charge in [-0.3, -0.25) is 4.90 Å². The fraction of sp³-hybridized carbons (Fsp3) is 0.333. The van der Waals surface area contributed by atoms with Gasteiger partial charge in [-0.15, -0.1) is 0 Å². The lowest BCUT2D eigenvalue weighted by Gasteiger charge is -2.31. The molecule has 0 bridgehead atoms. The molecule has 3 rings (SSSR count). The quantitative estimate of drug-likeness (QED) is 0.929. The number of hydrogen-bond acceptors (Lipinski definition) is 2. The summed E-state index contributed by atoms with van der Waals surface area (Å²) in [5, 5.41) is 4.28. The molecule has 0 saturated carbocycles. The molecule has 1 aliphatic heterocycles. The largest absolute Gasteiger partial charge is 0.315 e. The van der Waals surface area contributed by atoms with E-state index < -0.39 is 0 Å². The highest BCUT2D eigenvalue weighted by Gasteiger charge is 2.22. The Labute approximate surface area is 131 Å². The van der Waals surface area contributed by atoms with Crippen molar-refractivity contribution in [1.29, 1.82) is 0 Å². The second-order valence-electron chi connectivity index (χ2n) is 5.50. The molecular formula is C18H21ClN2. The van der Waals surface area contributed by atoms with E-state index in [2.05, 4.69) is 52.7 Å². The Balaban J connectivity index is 1.95. The van der Waals surface area contributed by atoms with Crippen LogP contribution in [0.5, 0.6) is 0 Å². The molecule has 1 N–H and O–H groups in total. The zero-order valence-electron chi connectivity index (χ0n) is 12.1. The first-order valence-electron chi connectivity index (χ1n) is 7.60. The zero-order valence-corrected chi connectivity index (χ0v) is 12.9. The van der Waals surface area contributed by atoms with Gasteiger partial charge in [0.15, 0.2) is 0 Å². The Morgan fingerprint density at radius 1 is 0.857 bits per heavy atom. The van der Waals surface area contributed by atoms with Gasteiger partial charge >= 0.3 is 0 Å². The number of halogens is 1. The van der Waals surface area contributed by atoms with Gasteiger partial charge in [0.05, 0.1) is 6.04 Å². The van der Waals surface area contributed by atoms with Gasteiger partial charge in [0, 0.05) is 24.7 Å². The molecule has 0 aromatic heterocycles. The minimum atomic E-state index is 0.309. The third kappa shape index (κ3) is 3.65. The summed E-state index contributed by atoms with van der Waals surface area (Å²) in [5.41, 5.74) is 2.66. The molecule has 1 heterocycles. The van der Waals surface area contributed by atoms with Crippen molar-refractivity contribution in [3.63, 3.8) is 0 Å². The molecule has 1 unspecified atom stereocenters. The van der Waals surface area contributed by atoms with Crippen molar-refractivity contribution in [3.05, 3.63) is 70.7 Å². The van der Waals surface area contributed by atoms with Gasteiger partial charge in [-0.2, -0.15) is 0 Å². The summed E-state index contributed by atoms with van der Waals surface area (Å²) in [6.45, 7) is 4.35. The number of rotatable bonds is 3. The molecule has 2 aromatic carbocycles. The minimum absolute atomic E-state index is 0.309. The standard InChI is InChI=1S/C18H21ClN2/c19-17-9-7-16(8-10-17)18(15-5-2-1-3-6-15)21-13-4-11-20-12-14-21/h1-3,5-10,18,20H,4,11-14H2. The average molecular weight is 301 g/mol. The second-order valence-corrected chi connectivity index (χ2v) is 5.94. The molecule has 1 saturated heterocycles. The van der Waals surface area contributed by atoms with Crippen molar-refractivity contribution in [2.24, 2.45) is 0 Å². The Hall–Kier alpha value is -1.35. The summed E-state index contributed by atoms with van der Waals surface area (Å²) in [6, 6.07) is 19.3. The lowest BCUT2D eigenvalue weighted by Crippen LogP contribution is -2.33. The third-order valence-corrected chi connectivity index (χ3v) is 4.29. The summed E-state index contributed by atoms with van der Waals surface area (Å²) >= 11 is 6.05. The van der Waals surface area contributed by atoms with Crippen LogP contribution in [0.3, 0.4) is 0 Å². The number of nitrogens with zero attached hydrogens (tertiary/aromatic N) is 1. The van der Waals surface area contributed by atoms with Crippen LogP contribution in [0.4, 0.5) is 0 Å². The molecule has 2 nitrogen and oxygen atoms in total. The minimum Gasteiger partial charge on any atom is -0.315 e. The normalized spacial score (nSPS) is 18.1. The molecule has 0 amide bonds. The molecule has 21 heavy (non-hydrogen) atoms. The van der Waals surface area contributed by atoms with Crippen LogP contribution >= 0.6 is 11.6 Å². The van der Waals surface area contributed by atoms with Gasteiger partial charge in [-0.1, -0.05) is 54.1 Å². The van der Waals surface area contributed by atoms with E-state index in [1.807, 2.05) is 12.1 Å². The lowest BCUT2D eigenvalue weighted by atomic mass is 9.97. The van der Waals surface area contributed by atoms with E-state index in [1.165, 1.54) is 17.5 Å². The second kappa shape index (κ2) is 7.08. The van der Waals surface area contributed by atoms with Crippen LogP contribution in [-0.2, 0) is 0 Å². The molecule has 0 aliphatic carbocycles. The molecule has 3 heteroatoms. The first kappa shape index (κ1) is 14.6. The SMILES string of the molecule is Clc1ccc(C(c2ccccc2)N2CCCNCC2)cc1. The third-order valence-electron chi connectivity index (χ3n) is 4.04. The van der Waals surface area contributed by atoms with Crippen molar-refractivity contribution in [2.75, 3.05) is 26.2 Å². The van der Waals surface area contributed by atoms with Crippen LogP contribution in [-0.4, -0.2) is 31.1 Å².